The maximum Gasteiger partial charge on any atom is 0.154 e. The van der Waals surface area contributed by atoms with Crippen molar-refractivity contribution in [3.8, 4) is 0 Å². The van der Waals surface area contributed by atoms with Gasteiger partial charge in [-0.2, -0.15) is 0 Å². The fraction of sp³-hybridized carbons (Fsp3) is 0.222. The van der Waals surface area contributed by atoms with Crippen LogP contribution in [0.25, 0.3) is 10.9 Å². The molecule has 2 aromatic rings. The minimum Gasteiger partial charge on any atom is -0.288 e. The Bertz CT molecular complexity index is 476. The van der Waals surface area contributed by atoms with E-state index in [0.29, 0.717) is 5.15 Å². The van der Waals surface area contributed by atoms with E-state index < -0.39 is 0 Å². The van der Waals surface area contributed by atoms with Crippen molar-refractivity contribution in [3.05, 3.63) is 28.7 Å². The van der Waals surface area contributed by atoms with Gasteiger partial charge in [0.15, 0.2) is 5.15 Å². The Morgan fingerprint density at radius 2 is 2.15 bits per heavy atom. The summed E-state index contributed by atoms with van der Waals surface area (Å²) in [5.41, 5.74) is 3.20. The molecule has 0 N–H and O–H groups in total. The smallest absolute Gasteiger partial charge is 0.154 e. The first kappa shape index (κ1) is 8.91. The average Bonchev–Trinajstić information content (AvgIpc) is 2.33. The van der Waals surface area contributed by atoms with E-state index in [1.165, 1.54) is 5.56 Å². The molecule has 2 heterocycles. The molecule has 0 aliphatic heterocycles. The first-order valence-corrected chi connectivity index (χ1v) is 4.72. The topological polar surface area (TPSA) is 17.8 Å². The van der Waals surface area contributed by atoms with Gasteiger partial charge in [-0.3, -0.25) is 3.97 Å². The van der Waals surface area contributed by atoms with Gasteiger partial charge in [-0.25, -0.2) is 4.98 Å². The largest absolute Gasteiger partial charge is 0.288 e. The molecule has 0 saturated heterocycles. The summed E-state index contributed by atoms with van der Waals surface area (Å²) in [5.74, 6) is 0. The Balaban J connectivity index is 3.03. The molecule has 68 valence electrons. The van der Waals surface area contributed by atoms with Crippen molar-refractivity contribution in [3.63, 3.8) is 0 Å². The minimum absolute atomic E-state index is 0.503. The monoisotopic (exact) mass is 212 g/mol. The number of fused-ring (bicyclic) bond motifs is 1. The summed E-state index contributed by atoms with van der Waals surface area (Å²) in [6.45, 7) is 4.07. The van der Waals surface area contributed by atoms with Gasteiger partial charge in [0.05, 0.1) is 5.52 Å². The van der Waals surface area contributed by atoms with E-state index in [1.54, 1.807) is 10.2 Å². The second-order valence-electron chi connectivity index (χ2n) is 3.02. The van der Waals surface area contributed by atoms with E-state index in [4.69, 9.17) is 11.6 Å². The van der Waals surface area contributed by atoms with Crippen molar-refractivity contribution in [1.82, 2.24) is 8.96 Å². The Hall–Kier alpha value is -0.670. The Kier molecular flexibility index (Phi) is 2.00. The number of aromatic nitrogens is 2. The summed E-state index contributed by atoms with van der Waals surface area (Å²) >= 11 is 10.3. The molecule has 0 spiro atoms. The van der Waals surface area contributed by atoms with Gasteiger partial charge < -0.3 is 0 Å². The number of hydrogen-bond donors (Lipinski definition) is 1. The molecule has 2 rings (SSSR count). The first-order chi connectivity index (χ1) is 6.13. The molecule has 0 bridgehead atoms. The van der Waals surface area contributed by atoms with Crippen LogP contribution in [0.15, 0.2) is 12.3 Å². The number of pyridine rings is 1. The number of nitrogens with zero attached hydrogens (tertiary/aromatic N) is 2. The van der Waals surface area contributed by atoms with Crippen molar-refractivity contribution in [2.75, 3.05) is 0 Å². The van der Waals surface area contributed by atoms with Gasteiger partial charge in [0, 0.05) is 17.3 Å². The lowest BCUT2D eigenvalue weighted by Crippen LogP contribution is -1.84. The van der Waals surface area contributed by atoms with E-state index in [2.05, 4.69) is 24.7 Å². The molecule has 2 nitrogen and oxygen atoms in total. The minimum atomic E-state index is 0.503. The predicted octanol–water partition coefficient (Wildman–Crippen LogP) is 3.00. The zero-order valence-corrected chi connectivity index (χ0v) is 9.02. The maximum absolute atomic E-state index is 5.97. The third kappa shape index (κ3) is 1.15. The highest BCUT2D eigenvalue weighted by atomic mass is 35.5. The van der Waals surface area contributed by atoms with E-state index in [-0.39, 0.29) is 0 Å². The highest BCUT2D eigenvalue weighted by Crippen LogP contribution is 2.29. The zero-order chi connectivity index (χ0) is 9.59. The van der Waals surface area contributed by atoms with Crippen molar-refractivity contribution in [2.45, 2.75) is 13.8 Å². The Morgan fingerprint density at radius 1 is 1.46 bits per heavy atom. The molecule has 0 atom stereocenters. The molecule has 0 saturated carbocycles. The molecule has 0 amide bonds. The predicted molar refractivity (Wildman–Crippen MR) is 58.6 cm³/mol. The second-order valence-corrected chi connectivity index (χ2v) is 3.78. The van der Waals surface area contributed by atoms with Crippen molar-refractivity contribution in [1.29, 1.82) is 0 Å². The lowest BCUT2D eigenvalue weighted by Gasteiger charge is -1.97. The van der Waals surface area contributed by atoms with Crippen molar-refractivity contribution >= 4 is 35.3 Å². The van der Waals surface area contributed by atoms with Crippen LogP contribution in [0, 0.1) is 13.8 Å². The Morgan fingerprint density at radius 3 is 2.77 bits per heavy atom. The molecule has 0 aliphatic rings. The van der Waals surface area contributed by atoms with Gasteiger partial charge in [-0.15, -0.1) is 0 Å². The molecule has 0 radical (unpaired) electrons. The average molecular weight is 213 g/mol. The normalized spacial score (nSPS) is 11.1. The first-order valence-electron chi connectivity index (χ1n) is 3.94. The highest BCUT2D eigenvalue weighted by molar-refractivity contribution is 7.78. The number of aryl methyl sites for hydroxylation is 1. The summed E-state index contributed by atoms with van der Waals surface area (Å²) < 4.78 is 1.78. The van der Waals surface area contributed by atoms with E-state index >= 15 is 0 Å². The van der Waals surface area contributed by atoms with Gasteiger partial charge in [-0.05, 0) is 25.5 Å². The number of rotatable bonds is 0. The molecule has 0 fully saturated rings. The van der Waals surface area contributed by atoms with Crippen LogP contribution in [0.5, 0.6) is 0 Å². The number of halogens is 1. The van der Waals surface area contributed by atoms with E-state index in [0.717, 1.165) is 16.6 Å². The van der Waals surface area contributed by atoms with Crippen LogP contribution in [0.2, 0.25) is 5.15 Å². The third-order valence-corrected chi connectivity index (χ3v) is 3.13. The van der Waals surface area contributed by atoms with Gasteiger partial charge >= 0.3 is 0 Å². The van der Waals surface area contributed by atoms with Gasteiger partial charge in [0.2, 0.25) is 0 Å². The van der Waals surface area contributed by atoms with Gasteiger partial charge in [0.1, 0.15) is 0 Å². The maximum atomic E-state index is 5.97. The van der Waals surface area contributed by atoms with Crippen LogP contribution in [-0.4, -0.2) is 8.96 Å². The molecular weight excluding hydrogens is 204 g/mol. The van der Waals surface area contributed by atoms with Crippen LogP contribution in [0.3, 0.4) is 0 Å². The SMILES string of the molecule is Cc1c(C)n(S)c2c(Cl)nccc12. The fourth-order valence-corrected chi connectivity index (χ4v) is 2.11. The summed E-state index contributed by atoms with van der Waals surface area (Å²) in [5, 5.41) is 1.62. The van der Waals surface area contributed by atoms with Crippen LogP contribution in [-0.2, 0) is 0 Å². The fourth-order valence-electron chi connectivity index (χ4n) is 1.45. The van der Waals surface area contributed by atoms with Crippen molar-refractivity contribution in [2.24, 2.45) is 0 Å². The Labute approximate surface area is 87.1 Å². The van der Waals surface area contributed by atoms with Crippen molar-refractivity contribution < 1.29 is 0 Å². The molecule has 2 aromatic heterocycles. The summed E-state index contributed by atoms with van der Waals surface area (Å²) in [4.78, 5) is 4.02. The zero-order valence-electron chi connectivity index (χ0n) is 7.37. The summed E-state index contributed by atoms with van der Waals surface area (Å²) in [7, 11) is 0. The van der Waals surface area contributed by atoms with Crippen LogP contribution < -0.4 is 0 Å². The second kappa shape index (κ2) is 2.93. The molecule has 0 aromatic carbocycles. The molecular formula is C9H9ClN2S. The number of thiol groups is 1. The molecule has 13 heavy (non-hydrogen) atoms. The summed E-state index contributed by atoms with van der Waals surface area (Å²) in [6.07, 6.45) is 1.71. The van der Waals surface area contributed by atoms with Gasteiger partial charge in [0.25, 0.3) is 0 Å². The van der Waals surface area contributed by atoms with Gasteiger partial charge in [-0.1, -0.05) is 24.4 Å². The van der Waals surface area contributed by atoms with E-state index in [1.807, 2.05) is 13.0 Å². The third-order valence-electron chi connectivity index (χ3n) is 2.36. The molecule has 0 unspecified atom stereocenters. The molecule has 4 heteroatoms. The lowest BCUT2D eigenvalue weighted by atomic mass is 10.2. The van der Waals surface area contributed by atoms with Crippen LogP contribution in [0.4, 0.5) is 0 Å². The lowest BCUT2D eigenvalue weighted by molar-refractivity contribution is 1.19. The van der Waals surface area contributed by atoms with E-state index in [9.17, 15) is 0 Å². The number of hydrogen-bond acceptors (Lipinski definition) is 2. The van der Waals surface area contributed by atoms with Crippen LogP contribution >= 0.6 is 24.4 Å². The highest BCUT2D eigenvalue weighted by Gasteiger charge is 2.11. The quantitative estimate of drug-likeness (QED) is 0.525. The summed E-state index contributed by atoms with van der Waals surface area (Å²) in [6, 6.07) is 1.95. The molecule has 0 aliphatic carbocycles. The standard InChI is InChI=1S/C9H9ClN2S/c1-5-6(2)12(13)8-7(5)3-4-11-9(8)10/h3-4,13H,1-2H3. The van der Waals surface area contributed by atoms with Crippen LogP contribution in [0.1, 0.15) is 11.3 Å².